The summed E-state index contributed by atoms with van der Waals surface area (Å²) in [5.74, 6) is 0.779. The molecular formula is C54H51N13S2. The highest BCUT2D eigenvalue weighted by Crippen LogP contribution is 2.39. The first-order chi connectivity index (χ1) is 33.9. The van der Waals surface area contributed by atoms with Gasteiger partial charge in [0.15, 0.2) is 0 Å². The zero-order valence-corrected chi connectivity index (χ0v) is 40.8. The summed E-state index contributed by atoms with van der Waals surface area (Å²) >= 11 is 3.56. The molecule has 13 nitrogen and oxygen atoms in total. The molecule has 1 aliphatic carbocycles. The van der Waals surface area contributed by atoms with Crippen molar-refractivity contribution in [2.24, 2.45) is 13.0 Å². The molecule has 12 heterocycles. The van der Waals surface area contributed by atoms with Gasteiger partial charge in [0.25, 0.3) is 0 Å². The minimum Gasteiger partial charge on any atom is -0.352 e. The molecule has 13 rings (SSSR count). The van der Waals surface area contributed by atoms with Crippen LogP contribution in [0.2, 0.25) is 0 Å². The van der Waals surface area contributed by atoms with Crippen LogP contribution in [0.1, 0.15) is 61.3 Å². The molecule has 1 saturated carbocycles. The summed E-state index contributed by atoms with van der Waals surface area (Å²) in [6, 6.07) is 19.4. The van der Waals surface area contributed by atoms with Gasteiger partial charge in [-0.15, -0.1) is 22.7 Å². The fourth-order valence-electron chi connectivity index (χ4n) is 9.49. The lowest BCUT2D eigenvalue weighted by atomic mass is 9.85. The molecular weight excluding hydrogens is 895 g/mol. The largest absolute Gasteiger partial charge is 0.352 e. The first kappa shape index (κ1) is 43.9. The molecule has 69 heavy (non-hydrogen) atoms. The van der Waals surface area contributed by atoms with Crippen LogP contribution >= 0.6 is 22.7 Å². The topological polar surface area (TPSA) is 171 Å². The summed E-state index contributed by atoms with van der Waals surface area (Å²) in [5.41, 5.74) is 14.8. The Kier molecular flexibility index (Phi) is 12.0. The highest BCUT2D eigenvalue weighted by atomic mass is 32.1. The summed E-state index contributed by atoms with van der Waals surface area (Å²) in [6.07, 6.45) is 26.9. The highest BCUT2D eigenvalue weighted by molar-refractivity contribution is 7.15. The van der Waals surface area contributed by atoms with Gasteiger partial charge >= 0.3 is 0 Å². The van der Waals surface area contributed by atoms with Gasteiger partial charge in [-0.3, -0.25) is 39.8 Å². The predicted molar refractivity (Wildman–Crippen MR) is 281 cm³/mol. The van der Waals surface area contributed by atoms with Crippen LogP contribution in [0.15, 0.2) is 117 Å². The Morgan fingerprint density at radius 2 is 1.12 bits per heavy atom. The number of nitrogens with zero attached hydrogens (tertiary/aromatic N) is 9. The maximum atomic E-state index is 4.74. The van der Waals surface area contributed by atoms with E-state index in [-0.39, 0.29) is 0 Å². The molecule has 0 amide bonds. The molecule has 0 aromatic carbocycles. The second kappa shape index (κ2) is 18.8. The van der Waals surface area contributed by atoms with E-state index in [1.807, 2.05) is 82.9 Å². The van der Waals surface area contributed by atoms with Crippen molar-refractivity contribution in [3.05, 3.63) is 132 Å². The fourth-order valence-corrected chi connectivity index (χ4v) is 11.3. The molecule has 12 aromatic rings. The van der Waals surface area contributed by atoms with Crippen LogP contribution in [0.5, 0.6) is 0 Å². The van der Waals surface area contributed by atoms with Crippen LogP contribution < -0.4 is 0 Å². The Morgan fingerprint density at radius 3 is 1.64 bits per heavy atom. The van der Waals surface area contributed by atoms with E-state index in [0.29, 0.717) is 0 Å². The molecule has 1 aliphatic rings. The number of aryl methyl sites for hydroxylation is 3. The van der Waals surface area contributed by atoms with Crippen molar-refractivity contribution < 1.29 is 0 Å². The van der Waals surface area contributed by atoms with Crippen LogP contribution in [0.25, 0.3) is 110 Å². The van der Waals surface area contributed by atoms with Gasteiger partial charge in [-0.1, -0.05) is 46.0 Å². The average Bonchev–Trinajstić information content (AvgIpc) is 4.25. The number of hydrogen-bond donors (Lipinski definition) is 4. The van der Waals surface area contributed by atoms with Crippen molar-refractivity contribution in [1.29, 1.82) is 0 Å². The van der Waals surface area contributed by atoms with Crippen molar-refractivity contribution in [2.45, 2.75) is 66.2 Å². The van der Waals surface area contributed by atoms with Gasteiger partial charge in [0.05, 0.1) is 75.8 Å². The summed E-state index contributed by atoms with van der Waals surface area (Å²) < 4.78 is 1.77. The molecule has 0 radical (unpaired) electrons. The van der Waals surface area contributed by atoms with Crippen LogP contribution in [0, 0.1) is 19.8 Å². The van der Waals surface area contributed by atoms with Crippen molar-refractivity contribution in [1.82, 2.24) is 65.1 Å². The first-order valence-electron chi connectivity index (χ1n) is 23.6. The Bertz CT molecular complexity index is 3740. The second-order valence-electron chi connectivity index (χ2n) is 17.6. The molecule has 0 spiro atoms. The van der Waals surface area contributed by atoms with E-state index >= 15 is 0 Å². The van der Waals surface area contributed by atoms with Crippen LogP contribution in [0.4, 0.5) is 0 Å². The molecule has 0 saturated heterocycles. The normalized spacial score (nSPS) is 13.0. The zero-order valence-electron chi connectivity index (χ0n) is 39.1. The quantitative estimate of drug-likeness (QED) is 0.117. The van der Waals surface area contributed by atoms with E-state index in [1.165, 1.54) is 57.2 Å². The maximum absolute atomic E-state index is 4.74. The Balaban J connectivity index is 0.000000149. The SMILES string of the molecule is CC.Cc1ccc(-c2cncc3[nH]c(-c4n[nH]c5cnc(-c6cncc(CC7CCCCC7)c6)cc45)cc23)s1.Cc1ccc(-c2cncc3[nH]c(-c4n[nH]c5cnc(-c6cnn(C)c6)cc45)cc23)s1. The van der Waals surface area contributed by atoms with Gasteiger partial charge in [0, 0.05) is 101 Å². The molecule has 15 heteroatoms. The van der Waals surface area contributed by atoms with E-state index in [0.717, 1.165) is 112 Å². The summed E-state index contributed by atoms with van der Waals surface area (Å²) in [6.45, 7) is 8.25. The van der Waals surface area contributed by atoms with E-state index in [4.69, 9.17) is 4.98 Å². The lowest BCUT2D eigenvalue weighted by Gasteiger charge is -2.21. The molecule has 0 unspecified atom stereocenters. The number of H-pyrrole nitrogens is 4. The highest BCUT2D eigenvalue weighted by Gasteiger charge is 2.19. The van der Waals surface area contributed by atoms with Gasteiger partial charge in [0.2, 0.25) is 0 Å². The zero-order chi connectivity index (χ0) is 47.0. The van der Waals surface area contributed by atoms with Crippen LogP contribution in [0.3, 0.4) is 0 Å². The van der Waals surface area contributed by atoms with Gasteiger partial charge in [0.1, 0.15) is 11.4 Å². The van der Waals surface area contributed by atoms with E-state index < -0.39 is 0 Å². The predicted octanol–water partition coefficient (Wildman–Crippen LogP) is 13.7. The third-order valence-corrected chi connectivity index (χ3v) is 14.9. The van der Waals surface area contributed by atoms with Crippen LogP contribution in [-0.4, -0.2) is 65.1 Å². The molecule has 0 aliphatic heterocycles. The Hall–Kier alpha value is -7.62. The monoisotopic (exact) mass is 945 g/mol. The van der Waals surface area contributed by atoms with Gasteiger partial charge in [-0.25, -0.2) is 0 Å². The Morgan fingerprint density at radius 1 is 0.565 bits per heavy atom. The lowest BCUT2D eigenvalue weighted by Crippen LogP contribution is -2.09. The minimum absolute atomic E-state index is 0.779. The van der Waals surface area contributed by atoms with Gasteiger partial charge in [-0.2, -0.15) is 15.3 Å². The second-order valence-corrected chi connectivity index (χ2v) is 20.1. The number of pyridine rings is 5. The van der Waals surface area contributed by atoms with Gasteiger partial charge in [-0.05, 0) is 86.3 Å². The number of nitrogens with one attached hydrogen (secondary N) is 4. The number of aromatic nitrogens is 13. The molecule has 0 atom stereocenters. The van der Waals surface area contributed by atoms with Crippen molar-refractivity contribution >= 4 is 66.3 Å². The van der Waals surface area contributed by atoms with E-state index in [2.05, 4.69) is 124 Å². The molecule has 0 bridgehead atoms. The average molecular weight is 946 g/mol. The number of aromatic amines is 4. The van der Waals surface area contributed by atoms with Crippen molar-refractivity contribution in [3.63, 3.8) is 0 Å². The summed E-state index contributed by atoms with van der Waals surface area (Å²) in [4.78, 5) is 34.8. The van der Waals surface area contributed by atoms with E-state index in [1.54, 1.807) is 27.4 Å². The molecule has 4 N–H and O–H groups in total. The van der Waals surface area contributed by atoms with Crippen molar-refractivity contribution in [3.8, 4) is 66.2 Å². The third kappa shape index (κ3) is 8.75. The van der Waals surface area contributed by atoms with E-state index in [9.17, 15) is 0 Å². The molecule has 12 aromatic heterocycles. The third-order valence-electron chi connectivity index (χ3n) is 12.8. The van der Waals surface area contributed by atoms with Crippen molar-refractivity contribution in [2.75, 3.05) is 0 Å². The van der Waals surface area contributed by atoms with Crippen LogP contribution in [-0.2, 0) is 13.5 Å². The smallest absolute Gasteiger partial charge is 0.116 e. The standard InChI is InChI=1S/C30H28N6S.C22H17N7S.C2H6/c1-18-7-8-29(37-18)24-15-32-16-27-22(24)11-26(34-27)30-23-12-25(33-17-28(23)35-36-30)21-10-20(13-31-14-21)9-19-5-3-2-4-6-19;1-12-3-4-21(30-12)16-8-23-9-19-14(16)5-18(26-19)22-15-6-17(13-7-25-29(2)11-13)24-10-20(15)27-28-22;1-2/h7-8,10-17,19,34H,2-6,9H2,1H3,(H,35,36);3-11,26H,1-2H3,(H,27,28);1-2H3. The minimum atomic E-state index is 0.779. The van der Waals surface area contributed by atoms with Gasteiger partial charge < -0.3 is 9.97 Å². The molecule has 344 valence electrons. The first-order valence-corrected chi connectivity index (χ1v) is 25.2. The number of fused-ring (bicyclic) bond motifs is 4. The molecule has 1 fully saturated rings. The number of thiophene rings is 2. The summed E-state index contributed by atoms with van der Waals surface area (Å²) in [5, 5.41) is 24.1. The fraction of sp³-hybridized carbons (Fsp3) is 0.222. The maximum Gasteiger partial charge on any atom is 0.116 e. The number of hydrogen-bond acceptors (Lipinski definition) is 10. The number of rotatable bonds is 8. The summed E-state index contributed by atoms with van der Waals surface area (Å²) in [7, 11) is 1.90. The Labute approximate surface area is 406 Å². The lowest BCUT2D eigenvalue weighted by molar-refractivity contribution is 0.356.